The first-order valence-corrected chi connectivity index (χ1v) is 8.28. The van der Waals surface area contributed by atoms with Gasteiger partial charge in [-0.25, -0.2) is 0 Å². The lowest BCUT2D eigenvalue weighted by molar-refractivity contribution is -0.120. The maximum atomic E-state index is 11.9. The summed E-state index contributed by atoms with van der Waals surface area (Å²) in [6.45, 7) is 1.12. The van der Waals surface area contributed by atoms with Gasteiger partial charge >= 0.3 is 0 Å². The molecule has 0 fully saturated rings. The number of nitrogens with one attached hydrogen (secondary N) is 1. The van der Waals surface area contributed by atoms with Gasteiger partial charge in [0, 0.05) is 30.7 Å². The zero-order chi connectivity index (χ0) is 15.6. The topological polar surface area (TPSA) is 38.3 Å². The summed E-state index contributed by atoms with van der Waals surface area (Å²) < 4.78 is 5.17. The monoisotopic (exact) mass is 315 g/mol. The second-order valence-electron chi connectivity index (χ2n) is 4.89. The summed E-state index contributed by atoms with van der Waals surface area (Å²) in [5.74, 6) is 0.867. The molecule has 3 nitrogen and oxygen atoms in total. The van der Waals surface area contributed by atoms with E-state index in [4.69, 9.17) is 4.74 Å². The molecule has 0 aliphatic heterocycles. The maximum Gasteiger partial charge on any atom is 0.221 e. The van der Waals surface area contributed by atoms with Crippen molar-refractivity contribution in [2.75, 3.05) is 12.9 Å². The highest BCUT2D eigenvalue weighted by molar-refractivity contribution is 7.99. The SMILES string of the molecule is COCc1ccccc1CNC(=O)CCSc1ccccc1. The molecular formula is C18H21NO2S. The minimum absolute atomic E-state index is 0.0793. The molecule has 1 amide bonds. The maximum absolute atomic E-state index is 11.9. The third-order valence-electron chi connectivity index (χ3n) is 3.24. The third-order valence-corrected chi connectivity index (χ3v) is 4.25. The first-order valence-electron chi connectivity index (χ1n) is 7.30. The van der Waals surface area contributed by atoms with Gasteiger partial charge in [0.1, 0.15) is 0 Å². The van der Waals surface area contributed by atoms with Gasteiger partial charge in [0.25, 0.3) is 0 Å². The number of amides is 1. The molecule has 116 valence electrons. The lowest BCUT2D eigenvalue weighted by Gasteiger charge is -2.10. The highest BCUT2D eigenvalue weighted by Gasteiger charge is 2.05. The quantitative estimate of drug-likeness (QED) is 0.756. The Morgan fingerprint density at radius 1 is 1.05 bits per heavy atom. The van der Waals surface area contributed by atoms with Crippen LogP contribution in [-0.4, -0.2) is 18.8 Å². The second kappa shape index (κ2) is 9.28. The van der Waals surface area contributed by atoms with Crippen LogP contribution in [0.2, 0.25) is 0 Å². The van der Waals surface area contributed by atoms with E-state index in [-0.39, 0.29) is 5.91 Å². The van der Waals surface area contributed by atoms with Gasteiger partial charge in [0.2, 0.25) is 5.91 Å². The van der Waals surface area contributed by atoms with Crippen LogP contribution in [0.25, 0.3) is 0 Å². The number of thioether (sulfide) groups is 1. The van der Waals surface area contributed by atoms with Crippen molar-refractivity contribution in [1.82, 2.24) is 5.32 Å². The van der Waals surface area contributed by atoms with Crippen molar-refractivity contribution in [2.45, 2.75) is 24.5 Å². The summed E-state index contributed by atoms with van der Waals surface area (Å²) in [7, 11) is 1.68. The van der Waals surface area contributed by atoms with E-state index in [9.17, 15) is 4.79 Å². The standard InChI is InChI=1S/C18H21NO2S/c1-21-14-16-8-6-5-7-15(16)13-19-18(20)11-12-22-17-9-3-2-4-10-17/h2-10H,11-14H2,1H3,(H,19,20). The molecule has 2 rings (SSSR count). The summed E-state index contributed by atoms with van der Waals surface area (Å²) in [4.78, 5) is 13.1. The number of rotatable bonds is 8. The average Bonchev–Trinajstić information content (AvgIpc) is 2.55. The number of carbonyl (C=O) groups excluding carboxylic acids is 1. The fourth-order valence-corrected chi connectivity index (χ4v) is 2.96. The van der Waals surface area contributed by atoms with E-state index in [0.29, 0.717) is 19.6 Å². The van der Waals surface area contributed by atoms with Crippen LogP contribution in [0.1, 0.15) is 17.5 Å². The van der Waals surface area contributed by atoms with Crippen LogP contribution in [0.3, 0.4) is 0 Å². The Kier molecular flexibility index (Phi) is 7.00. The van der Waals surface area contributed by atoms with Crippen LogP contribution in [0.4, 0.5) is 0 Å². The molecule has 0 bridgehead atoms. The van der Waals surface area contributed by atoms with Crippen LogP contribution < -0.4 is 5.32 Å². The molecule has 0 saturated heterocycles. The predicted molar refractivity (Wildman–Crippen MR) is 90.8 cm³/mol. The Labute approximate surface area is 136 Å². The van der Waals surface area contributed by atoms with E-state index in [1.807, 2.05) is 42.5 Å². The van der Waals surface area contributed by atoms with Gasteiger partial charge in [0.15, 0.2) is 0 Å². The molecule has 0 spiro atoms. The van der Waals surface area contributed by atoms with Crippen molar-refractivity contribution in [2.24, 2.45) is 0 Å². The molecule has 4 heteroatoms. The Morgan fingerprint density at radius 3 is 2.45 bits per heavy atom. The van der Waals surface area contributed by atoms with E-state index in [1.54, 1.807) is 18.9 Å². The largest absolute Gasteiger partial charge is 0.380 e. The summed E-state index contributed by atoms with van der Waals surface area (Å²) in [6.07, 6.45) is 0.520. The second-order valence-corrected chi connectivity index (χ2v) is 6.06. The fourth-order valence-electron chi connectivity index (χ4n) is 2.09. The molecular weight excluding hydrogens is 294 g/mol. The molecule has 0 radical (unpaired) electrons. The van der Waals surface area contributed by atoms with Crippen LogP contribution in [0.5, 0.6) is 0 Å². The van der Waals surface area contributed by atoms with Gasteiger partial charge in [-0.05, 0) is 23.3 Å². The van der Waals surface area contributed by atoms with Crippen LogP contribution in [0, 0.1) is 0 Å². The number of ether oxygens (including phenoxy) is 1. The van der Waals surface area contributed by atoms with Crippen molar-refractivity contribution in [1.29, 1.82) is 0 Å². The zero-order valence-electron chi connectivity index (χ0n) is 12.7. The lowest BCUT2D eigenvalue weighted by atomic mass is 10.1. The van der Waals surface area contributed by atoms with Crippen molar-refractivity contribution in [3.8, 4) is 0 Å². The van der Waals surface area contributed by atoms with E-state index < -0.39 is 0 Å². The Morgan fingerprint density at radius 2 is 1.73 bits per heavy atom. The first kappa shape index (κ1) is 16.6. The van der Waals surface area contributed by atoms with Crippen molar-refractivity contribution in [3.05, 3.63) is 65.7 Å². The molecule has 0 unspecified atom stereocenters. The highest BCUT2D eigenvalue weighted by Crippen LogP contribution is 2.17. The molecule has 2 aromatic rings. The normalized spacial score (nSPS) is 10.4. The highest BCUT2D eigenvalue weighted by atomic mass is 32.2. The van der Waals surface area contributed by atoms with Crippen LogP contribution in [0.15, 0.2) is 59.5 Å². The molecule has 0 aromatic heterocycles. The number of carbonyl (C=O) groups is 1. The molecule has 2 aromatic carbocycles. The number of methoxy groups -OCH3 is 1. The van der Waals surface area contributed by atoms with E-state index in [0.717, 1.165) is 16.9 Å². The third kappa shape index (κ3) is 5.54. The van der Waals surface area contributed by atoms with Crippen LogP contribution in [-0.2, 0) is 22.7 Å². The van der Waals surface area contributed by atoms with E-state index in [2.05, 4.69) is 17.4 Å². The molecule has 0 atom stereocenters. The molecule has 1 N–H and O–H groups in total. The average molecular weight is 315 g/mol. The van der Waals surface area contributed by atoms with E-state index >= 15 is 0 Å². The number of hydrogen-bond donors (Lipinski definition) is 1. The number of benzene rings is 2. The zero-order valence-corrected chi connectivity index (χ0v) is 13.6. The van der Waals surface area contributed by atoms with Gasteiger partial charge in [0.05, 0.1) is 6.61 Å². The van der Waals surface area contributed by atoms with Crippen molar-refractivity contribution in [3.63, 3.8) is 0 Å². The summed E-state index contributed by atoms with van der Waals surface area (Å²) in [5.41, 5.74) is 2.22. The molecule has 0 aliphatic rings. The number of hydrogen-bond acceptors (Lipinski definition) is 3. The van der Waals surface area contributed by atoms with Crippen molar-refractivity contribution < 1.29 is 9.53 Å². The van der Waals surface area contributed by atoms with Crippen LogP contribution >= 0.6 is 11.8 Å². The molecule has 0 saturated carbocycles. The molecule has 22 heavy (non-hydrogen) atoms. The van der Waals surface area contributed by atoms with Gasteiger partial charge in [-0.15, -0.1) is 11.8 Å². The Bertz CT molecular complexity index is 587. The fraction of sp³-hybridized carbons (Fsp3) is 0.278. The summed E-state index contributed by atoms with van der Waals surface area (Å²) in [5, 5.41) is 2.98. The van der Waals surface area contributed by atoms with Gasteiger partial charge in [-0.1, -0.05) is 42.5 Å². The Balaban J connectivity index is 1.74. The minimum atomic E-state index is 0.0793. The summed E-state index contributed by atoms with van der Waals surface area (Å²) >= 11 is 1.70. The van der Waals surface area contributed by atoms with Gasteiger partial charge in [-0.3, -0.25) is 4.79 Å². The lowest BCUT2D eigenvalue weighted by Crippen LogP contribution is -2.23. The predicted octanol–water partition coefficient (Wildman–Crippen LogP) is 3.63. The first-order chi connectivity index (χ1) is 10.8. The molecule has 0 heterocycles. The Hall–Kier alpha value is -1.78. The van der Waals surface area contributed by atoms with Crippen molar-refractivity contribution >= 4 is 17.7 Å². The smallest absolute Gasteiger partial charge is 0.221 e. The minimum Gasteiger partial charge on any atom is -0.380 e. The summed E-state index contributed by atoms with van der Waals surface area (Å²) in [6, 6.07) is 18.1. The van der Waals surface area contributed by atoms with Gasteiger partial charge in [-0.2, -0.15) is 0 Å². The molecule has 0 aliphatic carbocycles. The van der Waals surface area contributed by atoms with E-state index in [1.165, 1.54) is 4.90 Å². The van der Waals surface area contributed by atoms with Gasteiger partial charge < -0.3 is 10.1 Å².